The summed E-state index contributed by atoms with van der Waals surface area (Å²) in [6.07, 6.45) is 4.39. The molecular formula is C16H12FN7OS. The van der Waals surface area contributed by atoms with Crippen LogP contribution in [-0.4, -0.2) is 29.9 Å². The van der Waals surface area contributed by atoms with Gasteiger partial charge in [-0.3, -0.25) is 9.78 Å². The second-order valence-corrected chi connectivity index (χ2v) is 6.25. The molecule has 0 aliphatic rings. The third-order valence-corrected chi connectivity index (χ3v) is 4.53. The second-order valence-electron chi connectivity index (χ2n) is 5.48. The molecule has 26 heavy (non-hydrogen) atoms. The molecule has 3 N–H and O–H groups in total. The molecule has 4 aromatic heterocycles. The highest BCUT2D eigenvalue weighted by atomic mass is 32.1. The van der Waals surface area contributed by atoms with Gasteiger partial charge < -0.3 is 11.1 Å². The molecule has 0 aliphatic heterocycles. The van der Waals surface area contributed by atoms with Gasteiger partial charge in [0.1, 0.15) is 10.8 Å². The van der Waals surface area contributed by atoms with Crippen LogP contribution >= 0.6 is 11.5 Å². The summed E-state index contributed by atoms with van der Waals surface area (Å²) >= 11 is 1.11. The molecule has 130 valence electrons. The molecule has 0 unspecified atom stereocenters. The van der Waals surface area contributed by atoms with Gasteiger partial charge in [0.25, 0.3) is 5.91 Å². The van der Waals surface area contributed by atoms with Crippen molar-refractivity contribution in [2.75, 3.05) is 11.1 Å². The molecule has 0 atom stereocenters. The maximum absolute atomic E-state index is 14.3. The zero-order valence-corrected chi connectivity index (χ0v) is 14.3. The molecule has 0 fully saturated rings. The number of carbonyl (C=O) groups is 1. The van der Waals surface area contributed by atoms with Crippen LogP contribution < -0.4 is 11.1 Å². The van der Waals surface area contributed by atoms with Gasteiger partial charge in [0.05, 0.1) is 11.9 Å². The van der Waals surface area contributed by atoms with Gasteiger partial charge in [-0.05, 0) is 24.5 Å². The van der Waals surface area contributed by atoms with Crippen LogP contribution in [0, 0.1) is 12.7 Å². The molecule has 0 saturated carbocycles. The first-order valence-electron chi connectivity index (χ1n) is 7.52. The summed E-state index contributed by atoms with van der Waals surface area (Å²) in [7, 11) is 0. The average Bonchev–Trinajstić information content (AvgIpc) is 3.16. The summed E-state index contributed by atoms with van der Waals surface area (Å²) in [4.78, 5) is 20.7. The monoisotopic (exact) mass is 369 g/mol. The van der Waals surface area contributed by atoms with Gasteiger partial charge in [-0.1, -0.05) is 6.07 Å². The number of halogens is 1. The number of fused-ring (bicyclic) bond motifs is 1. The number of aryl methyl sites for hydroxylation is 1. The van der Waals surface area contributed by atoms with Crippen LogP contribution in [-0.2, 0) is 0 Å². The van der Waals surface area contributed by atoms with E-state index >= 15 is 0 Å². The summed E-state index contributed by atoms with van der Waals surface area (Å²) in [5, 5.41) is 7.04. The number of nitrogen functional groups attached to an aromatic ring is 1. The number of nitrogens with zero attached hydrogens (tertiary/aromatic N) is 5. The smallest absolute Gasteiger partial charge is 0.278 e. The van der Waals surface area contributed by atoms with Crippen molar-refractivity contribution < 1.29 is 9.18 Å². The van der Waals surface area contributed by atoms with Crippen molar-refractivity contribution in [3.8, 4) is 11.1 Å². The summed E-state index contributed by atoms with van der Waals surface area (Å²) in [5.74, 6) is -1.30. The Morgan fingerprint density at radius 1 is 1.42 bits per heavy atom. The Kier molecular flexibility index (Phi) is 3.81. The fourth-order valence-corrected chi connectivity index (χ4v) is 3.36. The van der Waals surface area contributed by atoms with Crippen LogP contribution in [0.4, 0.5) is 15.2 Å². The largest absolute Gasteiger partial charge is 0.382 e. The molecule has 0 bridgehead atoms. The molecule has 8 nitrogen and oxygen atoms in total. The highest BCUT2D eigenvalue weighted by Crippen LogP contribution is 2.34. The number of anilines is 2. The number of hydrogen-bond donors (Lipinski definition) is 2. The van der Waals surface area contributed by atoms with E-state index in [0.29, 0.717) is 5.00 Å². The Hall–Kier alpha value is -3.40. The van der Waals surface area contributed by atoms with Crippen LogP contribution in [0.25, 0.3) is 16.8 Å². The first-order valence-corrected chi connectivity index (χ1v) is 8.29. The average molecular weight is 369 g/mol. The van der Waals surface area contributed by atoms with E-state index in [1.54, 1.807) is 18.5 Å². The highest BCUT2D eigenvalue weighted by molar-refractivity contribution is 7.11. The van der Waals surface area contributed by atoms with Crippen LogP contribution in [0.2, 0.25) is 0 Å². The van der Waals surface area contributed by atoms with Gasteiger partial charge in [0.2, 0.25) is 0 Å². The zero-order chi connectivity index (χ0) is 18.3. The lowest BCUT2D eigenvalue weighted by molar-refractivity contribution is 0.101. The molecular weight excluding hydrogens is 357 g/mol. The van der Waals surface area contributed by atoms with Crippen molar-refractivity contribution in [2.45, 2.75) is 6.92 Å². The van der Waals surface area contributed by atoms with Crippen molar-refractivity contribution in [1.82, 2.24) is 24.0 Å². The molecule has 0 spiro atoms. The minimum Gasteiger partial charge on any atom is -0.382 e. The zero-order valence-electron chi connectivity index (χ0n) is 13.5. The van der Waals surface area contributed by atoms with Gasteiger partial charge in [-0.25, -0.2) is 13.9 Å². The maximum atomic E-state index is 14.3. The minimum atomic E-state index is -0.803. The predicted molar refractivity (Wildman–Crippen MR) is 95.4 cm³/mol. The summed E-state index contributed by atoms with van der Waals surface area (Å²) < 4.78 is 19.7. The Bertz CT molecular complexity index is 1120. The normalized spacial score (nSPS) is 11.0. The summed E-state index contributed by atoms with van der Waals surface area (Å²) in [6, 6.07) is 5.10. The minimum absolute atomic E-state index is 0.186. The number of hydrogen-bond acceptors (Lipinski definition) is 7. The second kappa shape index (κ2) is 6.15. The number of amides is 1. The molecule has 0 aromatic carbocycles. The Morgan fingerprint density at radius 3 is 3.04 bits per heavy atom. The van der Waals surface area contributed by atoms with Crippen LogP contribution in [0.15, 0.2) is 36.8 Å². The summed E-state index contributed by atoms with van der Waals surface area (Å²) in [5.41, 5.74) is 7.79. The topological polar surface area (TPSA) is 111 Å². The molecule has 0 saturated heterocycles. The molecule has 4 aromatic rings. The van der Waals surface area contributed by atoms with Gasteiger partial charge >= 0.3 is 0 Å². The first kappa shape index (κ1) is 16.1. The van der Waals surface area contributed by atoms with E-state index in [4.69, 9.17) is 5.73 Å². The van der Waals surface area contributed by atoms with E-state index in [9.17, 15) is 9.18 Å². The number of aromatic nitrogens is 5. The van der Waals surface area contributed by atoms with Crippen molar-refractivity contribution in [3.05, 3.63) is 54.0 Å². The van der Waals surface area contributed by atoms with Crippen molar-refractivity contribution >= 4 is 33.9 Å². The van der Waals surface area contributed by atoms with Crippen molar-refractivity contribution in [2.24, 2.45) is 0 Å². The predicted octanol–water partition coefficient (Wildman–Crippen LogP) is 2.53. The third-order valence-electron chi connectivity index (χ3n) is 3.68. The summed E-state index contributed by atoms with van der Waals surface area (Å²) in [6.45, 7) is 1.83. The SMILES string of the molecule is Cc1nsc(NC(=O)c2nc3cc(N)nn3cc2F)c1-c1cccnc1. The molecule has 10 heteroatoms. The fourth-order valence-electron chi connectivity index (χ4n) is 2.55. The number of carbonyl (C=O) groups excluding carboxylic acids is 1. The lowest BCUT2D eigenvalue weighted by Gasteiger charge is -2.07. The van der Waals surface area contributed by atoms with Gasteiger partial charge in [0.15, 0.2) is 17.2 Å². The van der Waals surface area contributed by atoms with E-state index in [1.807, 2.05) is 13.0 Å². The van der Waals surface area contributed by atoms with Crippen molar-refractivity contribution in [1.29, 1.82) is 0 Å². The number of pyridine rings is 1. The van der Waals surface area contributed by atoms with Crippen LogP contribution in [0.1, 0.15) is 16.2 Å². The van der Waals surface area contributed by atoms with E-state index in [1.165, 1.54) is 10.6 Å². The highest BCUT2D eigenvalue weighted by Gasteiger charge is 2.20. The van der Waals surface area contributed by atoms with Crippen LogP contribution in [0.3, 0.4) is 0 Å². The van der Waals surface area contributed by atoms with Crippen molar-refractivity contribution in [3.63, 3.8) is 0 Å². The fraction of sp³-hybridized carbons (Fsp3) is 0.0625. The van der Waals surface area contributed by atoms with Crippen LogP contribution in [0.5, 0.6) is 0 Å². The lowest BCUT2D eigenvalue weighted by atomic mass is 10.1. The number of nitrogens with one attached hydrogen (secondary N) is 1. The first-order chi connectivity index (χ1) is 12.5. The molecule has 0 radical (unpaired) electrons. The van der Waals surface area contributed by atoms with Gasteiger partial charge in [-0.2, -0.15) is 4.37 Å². The Morgan fingerprint density at radius 2 is 2.27 bits per heavy atom. The molecule has 4 rings (SSSR count). The maximum Gasteiger partial charge on any atom is 0.278 e. The lowest BCUT2D eigenvalue weighted by Crippen LogP contribution is -2.16. The third kappa shape index (κ3) is 2.75. The Balaban J connectivity index is 1.71. The van der Waals surface area contributed by atoms with E-state index in [2.05, 4.69) is 24.8 Å². The number of nitrogens with two attached hydrogens (primary N) is 1. The Labute approximate surface area is 150 Å². The molecule has 0 aliphatic carbocycles. The van der Waals surface area contributed by atoms with Gasteiger partial charge in [0, 0.05) is 29.6 Å². The molecule has 4 heterocycles. The van der Waals surface area contributed by atoms with E-state index in [0.717, 1.165) is 34.6 Å². The van der Waals surface area contributed by atoms with E-state index < -0.39 is 11.7 Å². The molecule has 1 amide bonds. The van der Waals surface area contributed by atoms with Gasteiger partial charge in [-0.15, -0.1) is 5.10 Å². The number of rotatable bonds is 3. The van der Waals surface area contributed by atoms with E-state index in [-0.39, 0.29) is 17.2 Å². The quantitative estimate of drug-likeness (QED) is 0.574. The standard InChI is InChI=1S/C16H12FN7OS/c1-8-13(9-3-2-4-19-6-9)16(26-23-8)21-15(25)14-10(17)7-24-12(20-14)5-11(18)22-24/h2-7H,1H3,(H2,18,22)(H,21,25).